The van der Waals surface area contributed by atoms with Crippen molar-refractivity contribution in [2.45, 2.75) is 12.5 Å². The van der Waals surface area contributed by atoms with Crippen LogP contribution in [0.2, 0.25) is 10.0 Å². The van der Waals surface area contributed by atoms with Gasteiger partial charge in [0.15, 0.2) is 0 Å². The van der Waals surface area contributed by atoms with Gasteiger partial charge in [-0.15, -0.1) is 0 Å². The molecule has 0 bridgehead atoms. The lowest BCUT2D eigenvalue weighted by atomic mass is 10.0. The number of carboxylic acid groups (broad SMARTS) is 1. The smallest absolute Gasteiger partial charge is 0.335 e. The van der Waals surface area contributed by atoms with Gasteiger partial charge < -0.3 is 20.4 Å². The zero-order chi connectivity index (χ0) is 29.1. The highest BCUT2D eigenvalue weighted by Crippen LogP contribution is 2.24. The first-order chi connectivity index (χ1) is 19.0. The number of anilines is 1. The molecule has 4 rings (SSSR count). The van der Waals surface area contributed by atoms with E-state index in [0.717, 1.165) is 4.57 Å². The molecular formula is C28H26Cl2N4O6. The molecule has 1 aromatic heterocycles. The van der Waals surface area contributed by atoms with Crippen LogP contribution < -0.4 is 21.5 Å². The number of carbonyl (C=O) groups excluding carboxylic acids is 1. The number of aryl methyl sites for hydroxylation is 1. The number of hydrogen-bond donors (Lipinski definition) is 3. The van der Waals surface area contributed by atoms with Gasteiger partial charge in [0.05, 0.1) is 38.8 Å². The molecule has 0 aliphatic carbocycles. The molecule has 0 saturated carbocycles. The second-order valence-corrected chi connectivity index (χ2v) is 9.97. The summed E-state index contributed by atoms with van der Waals surface area (Å²) in [5.41, 5.74) is 0.919. The zero-order valence-corrected chi connectivity index (χ0v) is 23.1. The number of amides is 1. The summed E-state index contributed by atoms with van der Waals surface area (Å²) < 4.78 is 2.41. The van der Waals surface area contributed by atoms with Crippen molar-refractivity contribution in [1.29, 1.82) is 0 Å². The molecule has 3 N–H and O–H groups in total. The lowest BCUT2D eigenvalue weighted by Gasteiger charge is -2.19. The highest BCUT2D eigenvalue weighted by Gasteiger charge is 2.24. The number of carbonyl (C=O) groups is 2. The standard InChI is InChI=1S/C28H26Cl2N4O6/c1-32(12-13-35)18-10-11-23-19(15-18)26(37)34(28(40)33(23)2)17-8-6-16(7-9-17)14-22(27(38)39)31-25(36)24-20(29)4-3-5-21(24)30/h3-11,15,22,35H,12-14H2,1-2H3,(H,31,36)(H,38,39)/t22-/m0/s1. The van der Waals surface area contributed by atoms with E-state index in [4.69, 9.17) is 23.2 Å². The Kier molecular flexibility index (Phi) is 8.63. The molecule has 3 aromatic carbocycles. The van der Waals surface area contributed by atoms with Crippen molar-refractivity contribution in [3.05, 3.63) is 103 Å². The first kappa shape index (κ1) is 28.9. The maximum absolute atomic E-state index is 13.4. The SMILES string of the molecule is CN(CCO)c1ccc2c(c1)c(=O)n(-c1ccc(C[C@H](NC(=O)c3c(Cl)cccc3Cl)C(=O)O)cc1)c(=O)n2C. The maximum atomic E-state index is 13.4. The zero-order valence-electron chi connectivity index (χ0n) is 21.6. The monoisotopic (exact) mass is 584 g/mol. The van der Waals surface area contributed by atoms with E-state index in [1.54, 1.807) is 55.4 Å². The molecule has 1 atom stereocenters. The van der Waals surface area contributed by atoms with E-state index in [-0.39, 0.29) is 28.6 Å². The fourth-order valence-electron chi connectivity index (χ4n) is 4.35. The van der Waals surface area contributed by atoms with Gasteiger partial charge in [-0.2, -0.15) is 0 Å². The number of benzene rings is 3. The van der Waals surface area contributed by atoms with Crippen molar-refractivity contribution < 1.29 is 19.8 Å². The Morgan fingerprint density at radius 1 is 1.02 bits per heavy atom. The van der Waals surface area contributed by atoms with Crippen molar-refractivity contribution in [3.8, 4) is 5.69 Å². The van der Waals surface area contributed by atoms with Crippen LogP contribution in [0.15, 0.2) is 70.3 Å². The number of aliphatic hydroxyl groups excluding tert-OH is 1. The topological polar surface area (TPSA) is 134 Å². The van der Waals surface area contributed by atoms with Crippen LogP contribution in [0.1, 0.15) is 15.9 Å². The summed E-state index contributed by atoms with van der Waals surface area (Å²) in [6.07, 6.45) is -0.0748. The van der Waals surface area contributed by atoms with E-state index < -0.39 is 29.2 Å². The van der Waals surface area contributed by atoms with Crippen LogP contribution in [0.5, 0.6) is 0 Å². The van der Waals surface area contributed by atoms with Crippen molar-refractivity contribution in [2.24, 2.45) is 7.05 Å². The highest BCUT2D eigenvalue weighted by molar-refractivity contribution is 6.39. The maximum Gasteiger partial charge on any atom is 0.335 e. The van der Waals surface area contributed by atoms with Gasteiger partial charge in [-0.25, -0.2) is 14.2 Å². The molecule has 0 fully saturated rings. The van der Waals surface area contributed by atoms with Crippen LogP contribution >= 0.6 is 23.2 Å². The van der Waals surface area contributed by atoms with E-state index in [0.29, 0.717) is 34.4 Å². The number of nitrogens with one attached hydrogen (secondary N) is 1. The fourth-order valence-corrected chi connectivity index (χ4v) is 4.92. The molecule has 0 spiro atoms. The molecule has 1 heterocycles. The molecule has 0 saturated heterocycles. The summed E-state index contributed by atoms with van der Waals surface area (Å²) in [5, 5.41) is 21.9. The van der Waals surface area contributed by atoms with Gasteiger partial charge in [0.1, 0.15) is 6.04 Å². The third-order valence-corrected chi connectivity index (χ3v) is 7.19. The van der Waals surface area contributed by atoms with Crippen LogP contribution in [0.4, 0.5) is 5.69 Å². The van der Waals surface area contributed by atoms with Gasteiger partial charge in [-0.05, 0) is 48.0 Å². The highest BCUT2D eigenvalue weighted by atomic mass is 35.5. The minimum Gasteiger partial charge on any atom is -0.480 e. The molecule has 4 aromatic rings. The number of rotatable bonds is 9. The summed E-state index contributed by atoms with van der Waals surface area (Å²) in [6, 6.07) is 14.6. The van der Waals surface area contributed by atoms with Gasteiger partial charge in [0, 0.05) is 32.7 Å². The minimum absolute atomic E-state index is 0.0235. The van der Waals surface area contributed by atoms with E-state index in [1.807, 2.05) is 0 Å². The van der Waals surface area contributed by atoms with Gasteiger partial charge in [-0.3, -0.25) is 14.2 Å². The molecule has 0 aliphatic rings. The molecule has 208 valence electrons. The summed E-state index contributed by atoms with van der Waals surface area (Å²) in [6.45, 7) is 0.314. The lowest BCUT2D eigenvalue weighted by Crippen LogP contribution is -2.42. The molecular weight excluding hydrogens is 559 g/mol. The lowest BCUT2D eigenvalue weighted by molar-refractivity contribution is -0.139. The number of nitrogens with zero attached hydrogens (tertiary/aromatic N) is 3. The Bertz CT molecular complexity index is 1700. The average Bonchev–Trinajstić information content (AvgIpc) is 2.92. The molecule has 12 heteroatoms. The third kappa shape index (κ3) is 5.74. The Balaban J connectivity index is 1.64. The molecule has 1 amide bonds. The molecule has 0 radical (unpaired) electrons. The van der Waals surface area contributed by atoms with E-state index >= 15 is 0 Å². The number of hydrogen-bond acceptors (Lipinski definition) is 6. The molecule has 40 heavy (non-hydrogen) atoms. The number of aliphatic hydroxyl groups is 1. The van der Waals surface area contributed by atoms with Crippen molar-refractivity contribution in [3.63, 3.8) is 0 Å². The Morgan fingerprint density at radius 3 is 2.27 bits per heavy atom. The van der Waals surface area contributed by atoms with Crippen LogP contribution in [0.3, 0.4) is 0 Å². The minimum atomic E-state index is -1.30. The van der Waals surface area contributed by atoms with Crippen LogP contribution in [-0.4, -0.2) is 57.5 Å². The molecule has 10 nitrogen and oxygen atoms in total. The Morgan fingerprint density at radius 2 is 1.68 bits per heavy atom. The predicted molar refractivity (Wildman–Crippen MR) is 154 cm³/mol. The summed E-state index contributed by atoms with van der Waals surface area (Å²) in [5.74, 6) is -1.99. The fraction of sp³-hybridized carbons (Fsp3) is 0.214. The van der Waals surface area contributed by atoms with Gasteiger partial charge >= 0.3 is 11.7 Å². The van der Waals surface area contributed by atoms with Crippen molar-refractivity contribution >= 4 is 51.7 Å². The number of carboxylic acids is 1. The molecule has 0 aliphatic heterocycles. The van der Waals surface area contributed by atoms with E-state index in [2.05, 4.69) is 5.32 Å². The second kappa shape index (κ2) is 12.0. The van der Waals surface area contributed by atoms with Gasteiger partial charge in [0.25, 0.3) is 11.5 Å². The molecule has 0 unspecified atom stereocenters. The van der Waals surface area contributed by atoms with Gasteiger partial charge in [0.2, 0.25) is 0 Å². The van der Waals surface area contributed by atoms with Crippen LogP contribution in [-0.2, 0) is 18.3 Å². The van der Waals surface area contributed by atoms with Crippen molar-refractivity contribution in [2.75, 3.05) is 25.1 Å². The van der Waals surface area contributed by atoms with Crippen LogP contribution in [0, 0.1) is 0 Å². The first-order valence-corrected chi connectivity index (χ1v) is 12.9. The Hall–Kier alpha value is -4.12. The number of aliphatic carboxylic acids is 1. The first-order valence-electron chi connectivity index (χ1n) is 12.2. The van der Waals surface area contributed by atoms with E-state index in [9.17, 15) is 29.4 Å². The normalized spacial score (nSPS) is 11.8. The average molecular weight is 585 g/mol. The van der Waals surface area contributed by atoms with E-state index in [1.165, 1.54) is 28.8 Å². The largest absolute Gasteiger partial charge is 0.480 e. The van der Waals surface area contributed by atoms with Gasteiger partial charge in [-0.1, -0.05) is 41.4 Å². The second-order valence-electron chi connectivity index (χ2n) is 9.16. The number of halogens is 2. The third-order valence-electron chi connectivity index (χ3n) is 6.56. The predicted octanol–water partition coefficient (Wildman–Crippen LogP) is 2.85. The Labute approximate surface area is 238 Å². The number of fused-ring (bicyclic) bond motifs is 1. The summed E-state index contributed by atoms with van der Waals surface area (Å²) in [4.78, 5) is 53.0. The van der Waals surface area contributed by atoms with Crippen molar-refractivity contribution in [1.82, 2.24) is 14.5 Å². The summed E-state index contributed by atoms with van der Waals surface area (Å²) >= 11 is 12.1. The summed E-state index contributed by atoms with van der Waals surface area (Å²) in [7, 11) is 3.35. The quantitative estimate of drug-likeness (QED) is 0.275. The number of aromatic nitrogens is 2. The van der Waals surface area contributed by atoms with Crippen LogP contribution in [0.25, 0.3) is 16.6 Å². The number of likely N-dealkylation sites (N-methyl/N-ethyl adjacent to an activating group) is 1.